The molecule has 1 rings (SSSR count). The first-order valence-electron chi connectivity index (χ1n) is 5.53. The monoisotopic (exact) mass is 326 g/mol. The van der Waals surface area contributed by atoms with Crippen LogP contribution in [0.3, 0.4) is 0 Å². The Balaban J connectivity index is 2.31. The molecule has 0 unspecified atom stereocenters. The van der Waals surface area contributed by atoms with Gasteiger partial charge in [0.05, 0.1) is 25.7 Å². The number of unbranched alkanes of at least 4 members (excludes halogenated alkanes) is 1. The van der Waals surface area contributed by atoms with E-state index in [1.165, 1.54) is 20.0 Å². The molecule has 3 nitrogen and oxygen atoms in total. The van der Waals surface area contributed by atoms with Crippen molar-refractivity contribution in [2.45, 2.75) is 55.2 Å². The normalized spacial score (nSPS) is 30.5. The molecule has 0 spiro atoms. The first-order valence-corrected chi connectivity index (χ1v) is 6.78. The Labute approximate surface area is 105 Å². The van der Waals surface area contributed by atoms with Crippen LogP contribution in [0.1, 0.15) is 39.0 Å². The van der Waals surface area contributed by atoms with Crippen molar-refractivity contribution in [2.24, 2.45) is 0 Å². The molecule has 0 N–H and O–H groups in total. The van der Waals surface area contributed by atoms with Gasteiger partial charge in [0.2, 0.25) is 0 Å². The number of alkyl halides is 1. The van der Waals surface area contributed by atoms with Crippen molar-refractivity contribution >= 4 is 28.6 Å². The van der Waals surface area contributed by atoms with E-state index in [0.717, 1.165) is 12.8 Å². The van der Waals surface area contributed by atoms with Crippen LogP contribution in [0.5, 0.6) is 0 Å². The summed E-state index contributed by atoms with van der Waals surface area (Å²) in [5, 5.41) is 0. The van der Waals surface area contributed by atoms with Gasteiger partial charge in [-0.2, -0.15) is 0 Å². The predicted octanol–water partition coefficient (Wildman–Crippen LogP) is 2.70. The zero-order valence-corrected chi connectivity index (χ0v) is 11.5. The molecule has 1 fully saturated rings. The molecule has 88 valence electrons. The lowest BCUT2D eigenvalue weighted by Crippen LogP contribution is -2.17. The second kappa shape index (κ2) is 6.68. The Morgan fingerprint density at radius 3 is 2.93 bits per heavy atom. The fourth-order valence-corrected chi connectivity index (χ4v) is 2.94. The van der Waals surface area contributed by atoms with E-state index >= 15 is 0 Å². The molecule has 0 aromatic heterocycles. The van der Waals surface area contributed by atoms with Gasteiger partial charge in [0, 0.05) is 3.92 Å². The van der Waals surface area contributed by atoms with E-state index in [9.17, 15) is 4.79 Å². The molecule has 15 heavy (non-hydrogen) atoms. The van der Waals surface area contributed by atoms with E-state index in [1.807, 2.05) is 0 Å². The third-order valence-corrected chi connectivity index (χ3v) is 4.03. The molecule has 1 heterocycles. The molecular weight excluding hydrogens is 307 g/mol. The lowest BCUT2D eigenvalue weighted by Gasteiger charge is -2.13. The van der Waals surface area contributed by atoms with Gasteiger partial charge in [-0.1, -0.05) is 42.4 Å². The molecule has 4 heteroatoms. The molecule has 0 bridgehead atoms. The molecule has 0 aliphatic carbocycles. The lowest BCUT2D eigenvalue weighted by molar-refractivity contribution is -0.143. The number of halogens is 1. The molecular formula is C11H19IO3. The summed E-state index contributed by atoms with van der Waals surface area (Å²) >= 11 is 2.43. The van der Waals surface area contributed by atoms with Crippen molar-refractivity contribution in [3.05, 3.63) is 0 Å². The predicted molar refractivity (Wildman–Crippen MR) is 67.2 cm³/mol. The van der Waals surface area contributed by atoms with Crippen LogP contribution in [-0.4, -0.2) is 29.2 Å². The second-order valence-electron chi connectivity index (χ2n) is 3.97. The van der Waals surface area contributed by atoms with Crippen LogP contribution in [0.4, 0.5) is 0 Å². The maximum Gasteiger partial charge on any atom is 0.308 e. The number of hydrogen-bond acceptors (Lipinski definition) is 3. The summed E-state index contributed by atoms with van der Waals surface area (Å²) in [5.41, 5.74) is 0. The van der Waals surface area contributed by atoms with E-state index in [4.69, 9.17) is 4.74 Å². The number of esters is 1. The fraction of sp³-hybridized carbons (Fsp3) is 0.909. The first-order chi connectivity index (χ1) is 7.17. The lowest BCUT2D eigenvalue weighted by atomic mass is 10.1. The van der Waals surface area contributed by atoms with Crippen LogP contribution >= 0.6 is 22.6 Å². The Bertz CT molecular complexity index is 208. The van der Waals surface area contributed by atoms with Crippen LogP contribution in [0.25, 0.3) is 0 Å². The Morgan fingerprint density at radius 1 is 1.60 bits per heavy atom. The minimum absolute atomic E-state index is 0.0706. The van der Waals surface area contributed by atoms with Crippen molar-refractivity contribution in [3.63, 3.8) is 0 Å². The smallest absolute Gasteiger partial charge is 0.308 e. The van der Waals surface area contributed by atoms with Crippen molar-refractivity contribution in [3.8, 4) is 0 Å². The Morgan fingerprint density at radius 2 is 2.33 bits per heavy atom. The summed E-state index contributed by atoms with van der Waals surface area (Å²) in [4.78, 5) is 11.1. The summed E-state index contributed by atoms with van der Waals surface area (Å²) in [6, 6.07) is 0. The molecule has 0 amide bonds. The van der Waals surface area contributed by atoms with Crippen molar-refractivity contribution in [2.75, 3.05) is 7.11 Å². The van der Waals surface area contributed by atoms with Crippen LogP contribution in [0.2, 0.25) is 0 Å². The average Bonchev–Trinajstić information content (AvgIpc) is 2.55. The highest BCUT2D eigenvalue weighted by atomic mass is 127. The minimum Gasteiger partial charge on any atom is -0.469 e. The number of carbonyl (C=O) groups is 1. The number of methoxy groups -OCH3 is 1. The average molecular weight is 326 g/mol. The van der Waals surface area contributed by atoms with E-state index in [2.05, 4.69) is 34.3 Å². The van der Waals surface area contributed by atoms with E-state index in [1.54, 1.807) is 0 Å². The Kier molecular flexibility index (Phi) is 5.89. The summed E-state index contributed by atoms with van der Waals surface area (Å²) < 4.78 is 11.0. The first kappa shape index (κ1) is 13.2. The SMILES string of the molecule is CCCC[C@H]1O[C@H](CC(=O)OC)C[C@@H]1I. The number of hydrogen-bond donors (Lipinski definition) is 0. The molecule has 0 saturated carbocycles. The molecule has 1 saturated heterocycles. The molecule has 3 atom stereocenters. The second-order valence-corrected chi connectivity index (χ2v) is 5.57. The standard InChI is InChI=1S/C11H19IO3/c1-3-4-5-10-9(12)6-8(15-10)7-11(13)14-2/h8-10H,3-7H2,1-2H3/t8-,9-,10+/m0/s1. The molecule has 1 aliphatic rings. The van der Waals surface area contributed by atoms with Crippen molar-refractivity contribution < 1.29 is 14.3 Å². The van der Waals surface area contributed by atoms with Crippen molar-refractivity contribution in [1.82, 2.24) is 0 Å². The number of rotatable bonds is 5. The van der Waals surface area contributed by atoms with Gasteiger partial charge in [0.15, 0.2) is 0 Å². The minimum atomic E-state index is -0.167. The largest absolute Gasteiger partial charge is 0.469 e. The van der Waals surface area contributed by atoms with Gasteiger partial charge in [0.25, 0.3) is 0 Å². The maximum atomic E-state index is 11.1. The van der Waals surface area contributed by atoms with Gasteiger partial charge >= 0.3 is 5.97 Å². The molecule has 0 aromatic rings. The summed E-state index contributed by atoms with van der Waals surface area (Å²) in [7, 11) is 1.42. The third-order valence-electron chi connectivity index (χ3n) is 2.72. The van der Waals surface area contributed by atoms with E-state index < -0.39 is 0 Å². The molecule has 1 aliphatic heterocycles. The highest BCUT2D eigenvalue weighted by molar-refractivity contribution is 14.1. The topological polar surface area (TPSA) is 35.5 Å². The Hall–Kier alpha value is 0.160. The van der Waals surface area contributed by atoms with Crippen molar-refractivity contribution in [1.29, 1.82) is 0 Å². The van der Waals surface area contributed by atoms with Gasteiger partial charge in [0.1, 0.15) is 0 Å². The van der Waals surface area contributed by atoms with Gasteiger partial charge in [-0.3, -0.25) is 4.79 Å². The third kappa shape index (κ3) is 4.26. The molecule has 0 radical (unpaired) electrons. The quantitative estimate of drug-likeness (QED) is 0.443. The van der Waals surface area contributed by atoms with Crippen LogP contribution in [-0.2, 0) is 14.3 Å². The highest BCUT2D eigenvalue weighted by Gasteiger charge is 2.33. The van der Waals surface area contributed by atoms with Gasteiger partial charge in [-0.15, -0.1) is 0 Å². The number of carbonyl (C=O) groups excluding carboxylic acids is 1. The summed E-state index contributed by atoms with van der Waals surface area (Å²) in [6.45, 7) is 2.18. The fourth-order valence-electron chi connectivity index (χ4n) is 1.85. The summed E-state index contributed by atoms with van der Waals surface area (Å²) in [5.74, 6) is -0.167. The van der Waals surface area contributed by atoms with Gasteiger partial charge in [-0.05, 0) is 12.8 Å². The van der Waals surface area contributed by atoms with Crippen LogP contribution in [0, 0.1) is 0 Å². The molecule has 0 aromatic carbocycles. The number of ether oxygens (including phenoxy) is 2. The highest BCUT2D eigenvalue weighted by Crippen LogP contribution is 2.31. The summed E-state index contributed by atoms with van der Waals surface area (Å²) in [6.07, 6.45) is 5.30. The van der Waals surface area contributed by atoms with Gasteiger partial charge < -0.3 is 9.47 Å². The zero-order chi connectivity index (χ0) is 11.3. The van der Waals surface area contributed by atoms with E-state index in [0.29, 0.717) is 16.4 Å². The zero-order valence-electron chi connectivity index (χ0n) is 9.37. The van der Waals surface area contributed by atoms with Crippen LogP contribution < -0.4 is 0 Å². The maximum absolute atomic E-state index is 11.1. The van der Waals surface area contributed by atoms with Crippen LogP contribution in [0.15, 0.2) is 0 Å². The van der Waals surface area contributed by atoms with E-state index in [-0.39, 0.29) is 12.1 Å². The van der Waals surface area contributed by atoms with Gasteiger partial charge in [-0.25, -0.2) is 0 Å².